The van der Waals surface area contributed by atoms with Gasteiger partial charge in [-0.1, -0.05) is 6.07 Å². The van der Waals surface area contributed by atoms with Crippen molar-refractivity contribution in [2.75, 3.05) is 5.32 Å². The molecule has 2 N–H and O–H groups in total. The lowest BCUT2D eigenvalue weighted by Gasteiger charge is -2.30. The average molecular weight is 409 g/mol. The number of carbonyl (C=O) groups is 1. The summed E-state index contributed by atoms with van der Waals surface area (Å²) < 4.78 is 46.7. The van der Waals surface area contributed by atoms with Crippen LogP contribution in [0.4, 0.5) is 18.9 Å². The van der Waals surface area contributed by atoms with E-state index in [4.69, 9.17) is 4.74 Å². The molecule has 1 amide bonds. The molecule has 6 nitrogen and oxygen atoms in total. The molecule has 2 aromatic rings. The third kappa shape index (κ3) is 3.42. The molecule has 0 aliphatic carbocycles. The molecule has 3 heterocycles. The number of rotatable bonds is 3. The summed E-state index contributed by atoms with van der Waals surface area (Å²) in [5, 5.41) is 17.3. The van der Waals surface area contributed by atoms with E-state index in [-0.39, 0.29) is 5.69 Å². The second-order valence-electron chi connectivity index (χ2n) is 7.85. The largest absolute Gasteiger partial charge is 0.416 e. The number of nitrogens with one attached hydrogen (secondary N) is 1. The van der Waals surface area contributed by atoms with Gasteiger partial charge in [-0.25, -0.2) is 0 Å². The average Bonchev–Trinajstić information content (AvgIpc) is 3.26. The Hall–Kier alpha value is -2.39. The molecular weight excluding hydrogens is 387 g/mol. The number of aliphatic hydroxyl groups is 1. The Kier molecular flexibility index (Phi) is 4.70. The van der Waals surface area contributed by atoms with E-state index >= 15 is 0 Å². The van der Waals surface area contributed by atoms with Crippen LogP contribution in [0, 0.1) is 19.8 Å². The quantitative estimate of drug-likeness (QED) is 0.817. The molecule has 5 atom stereocenters. The van der Waals surface area contributed by atoms with Gasteiger partial charge in [0.05, 0.1) is 35.5 Å². The summed E-state index contributed by atoms with van der Waals surface area (Å²) in [6.45, 7) is 3.46. The van der Waals surface area contributed by atoms with E-state index in [1.165, 1.54) is 6.07 Å². The summed E-state index contributed by atoms with van der Waals surface area (Å²) >= 11 is 0. The first-order chi connectivity index (χ1) is 13.6. The summed E-state index contributed by atoms with van der Waals surface area (Å²) in [4.78, 5) is 13.1. The standard InChI is InChI=1S/C20H22F3N3O3/c1-9-4-5-11(20(21,22)23)6-13(9)24-19(28)17-15-7-14(27)18(29-15)16(17)12-8-26(3)25-10(12)2/h4-6,8,14-18,27H,7H2,1-3H3,(H,24,28)/t14-,15+,16+,17-,18-/m0/s1. The molecule has 0 spiro atoms. The molecule has 2 saturated heterocycles. The summed E-state index contributed by atoms with van der Waals surface area (Å²) in [5.74, 6) is -1.45. The molecule has 0 unspecified atom stereocenters. The van der Waals surface area contributed by atoms with E-state index in [0.717, 1.165) is 23.4 Å². The first kappa shape index (κ1) is 19.9. The van der Waals surface area contributed by atoms with Crippen LogP contribution in [0.5, 0.6) is 0 Å². The predicted octanol–water partition coefficient (Wildman–Crippen LogP) is 2.93. The summed E-state index contributed by atoms with van der Waals surface area (Å²) in [6, 6.07) is 3.27. The minimum absolute atomic E-state index is 0.120. The minimum atomic E-state index is -4.50. The molecule has 2 bridgehead atoms. The Labute approximate surface area is 165 Å². The van der Waals surface area contributed by atoms with Crippen molar-refractivity contribution >= 4 is 11.6 Å². The van der Waals surface area contributed by atoms with Crippen LogP contribution in [0.15, 0.2) is 24.4 Å². The van der Waals surface area contributed by atoms with Crippen molar-refractivity contribution in [3.8, 4) is 0 Å². The fourth-order valence-corrected chi connectivity index (χ4v) is 4.51. The smallest absolute Gasteiger partial charge is 0.390 e. The van der Waals surface area contributed by atoms with Crippen LogP contribution in [0.2, 0.25) is 0 Å². The van der Waals surface area contributed by atoms with Crippen LogP contribution in [-0.2, 0) is 22.8 Å². The summed E-state index contributed by atoms with van der Waals surface area (Å²) in [5.41, 5.74) is 1.37. The van der Waals surface area contributed by atoms with Gasteiger partial charge in [-0.2, -0.15) is 18.3 Å². The highest BCUT2D eigenvalue weighted by molar-refractivity contribution is 5.95. The minimum Gasteiger partial charge on any atom is -0.390 e. The molecule has 2 fully saturated rings. The molecule has 1 aromatic heterocycles. The van der Waals surface area contributed by atoms with Gasteiger partial charge in [0.2, 0.25) is 5.91 Å². The molecule has 9 heteroatoms. The third-order valence-corrected chi connectivity index (χ3v) is 5.86. The van der Waals surface area contributed by atoms with Crippen LogP contribution < -0.4 is 5.32 Å². The number of hydrogen-bond acceptors (Lipinski definition) is 4. The summed E-state index contributed by atoms with van der Waals surface area (Å²) in [6.07, 6.45) is -4.11. The van der Waals surface area contributed by atoms with Crippen LogP contribution in [0.3, 0.4) is 0 Å². The van der Waals surface area contributed by atoms with Gasteiger partial charge in [0, 0.05) is 31.3 Å². The van der Waals surface area contributed by atoms with Crippen molar-refractivity contribution in [2.24, 2.45) is 13.0 Å². The van der Waals surface area contributed by atoms with Gasteiger partial charge in [0.1, 0.15) is 0 Å². The Morgan fingerprint density at radius 1 is 1.34 bits per heavy atom. The number of halogens is 3. The second-order valence-corrected chi connectivity index (χ2v) is 7.85. The van der Waals surface area contributed by atoms with Gasteiger partial charge < -0.3 is 15.2 Å². The molecule has 0 radical (unpaired) electrons. The van der Waals surface area contributed by atoms with Crippen molar-refractivity contribution in [3.63, 3.8) is 0 Å². The highest BCUT2D eigenvalue weighted by atomic mass is 19.4. The van der Waals surface area contributed by atoms with E-state index in [9.17, 15) is 23.1 Å². The van der Waals surface area contributed by atoms with Gasteiger partial charge >= 0.3 is 6.18 Å². The maximum Gasteiger partial charge on any atom is 0.416 e. The molecule has 4 rings (SSSR count). The van der Waals surface area contributed by atoms with Crippen molar-refractivity contribution in [1.82, 2.24) is 9.78 Å². The zero-order valence-corrected chi connectivity index (χ0v) is 16.2. The highest BCUT2D eigenvalue weighted by Gasteiger charge is 2.57. The van der Waals surface area contributed by atoms with Crippen molar-refractivity contribution in [1.29, 1.82) is 0 Å². The Bertz CT molecular complexity index is 956. The zero-order chi connectivity index (χ0) is 21.1. The number of ether oxygens (including phenoxy) is 1. The number of amides is 1. The number of aryl methyl sites for hydroxylation is 3. The van der Waals surface area contributed by atoms with Crippen molar-refractivity contribution in [3.05, 3.63) is 46.8 Å². The maximum atomic E-state index is 13.1. The number of fused-ring (bicyclic) bond motifs is 2. The van der Waals surface area contributed by atoms with Crippen LogP contribution >= 0.6 is 0 Å². The number of nitrogens with zero attached hydrogens (tertiary/aromatic N) is 2. The lowest BCUT2D eigenvalue weighted by molar-refractivity contribution is -0.137. The van der Waals surface area contributed by atoms with Crippen molar-refractivity contribution in [2.45, 2.75) is 50.7 Å². The fraction of sp³-hybridized carbons (Fsp3) is 0.500. The van der Waals surface area contributed by atoms with Gasteiger partial charge in [0.25, 0.3) is 0 Å². The predicted molar refractivity (Wildman–Crippen MR) is 98.3 cm³/mol. The molecular formula is C20H22F3N3O3. The highest BCUT2D eigenvalue weighted by Crippen LogP contribution is 2.50. The van der Waals surface area contributed by atoms with E-state index in [2.05, 4.69) is 10.4 Å². The van der Waals surface area contributed by atoms with Crippen LogP contribution in [-0.4, -0.2) is 39.1 Å². The number of aromatic nitrogens is 2. The molecule has 0 saturated carbocycles. The Morgan fingerprint density at radius 3 is 2.69 bits per heavy atom. The number of carbonyl (C=O) groups excluding carboxylic acids is 1. The van der Waals surface area contributed by atoms with Crippen LogP contribution in [0.25, 0.3) is 0 Å². The maximum absolute atomic E-state index is 13.1. The van der Waals surface area contributed by atoms with Gasteiger partial charge in [-0.3, -0.25) is 9.48 Å². The zero-order valence-electron chi connectivity index (χ0n) is 16.2. The molecule has 2 aliphatic heterocycles. The molecule has 156 valence electrons. The normalized spacial score (nSPS) is 28.7. The molecule has 2 aliphatic rings. The Balaban J connectivity index is 1.65. The van der Waals surface area contributed by atoms with Gasteiger partial charge in [-0.15, -0.1) is 0 Å². The number of alkyl halides is 3. The van der Waals surface area contributed by atoms with E-state index in [0.29, 0.717) is 12.0 Å². The van der Waals surface area contributed by atoms with E-state index in [1.807, 2.05) is 6.92 Å². The first-order valence-corrected chi connectivity index (χ1v) is 9.38. The van der Waals surface area contributed by atoms with E-state index in [1.54, 1.807) is 24.9 Å². The molecule has 1 aromatic carbocycles. The van der Waals surface area contributed by atoms with E-state index < -0.39 is 47.8 Å². The first-order valence-electron chi connectivity index (χ1n) is 9.38. The lowest BCUT2D eigenvalue weighted by atomic mass is 9.74. The second kappa shape index (κ2) is 6.84. The summed E-state index contributed by atoms with van der Waals surface area (Å²) in [7, 11) is 1.77. The number of benzene rings is 1. The number of anilines is 1. The Morgan fingerprint density at radius 2 is 2.07 bits per heavy atom. The molecule has 29 heavy (non-hydrogen) atoms. The SMILES string of the molecule is Cc1ccc(C(F)(F)F)cc1NC(=O)[C@@H]1[C@@H](c2cn(C)nc2C)[C@H]2O[C@@H]1C[C@@H]2O. The monoisotopic (exact) mass is 409 g/mol. The lowest BCUT2D eigenvalue weighted by Crippen LogP contribution is -2.41. The fourth-order valence-electron chi connectivity index (χ4n) is 4.51. The topological polar surface area (TPSA) is 76.4 Å². The third-order valence-electron chi connectivity index (χ3n) is 5.86. The van der Waals surface area contributed by atoms with Gasteiger partial charge in [0.15, 0.2) is 0 Å². The number of hydrogen-bond donors (Lipinski definition) is 2. The van der Waals surface area contributed by atoms with Crippen molar-refractivity contribution < 1.29 is 27.8 Å². The van der Waals surface area contributed by atoms with Gasteiger partial charge in [-0.05, 0) is 37.1 Å². The number of aliphatic hydroxyl groups excluding tert-OH is 1. The van der Waals surface area contributed by atoms with Crippen LogP contribution in [0.1, 0.15) is 34.7 Å².